The zero-order chi connectivity index (χ0) is 44.6. The molecule has 3 aliphatic rings. The molecule has 0 bridgehead atoms. The van der Waals surface area contributed by atoms with Crippen LogP contribution in [0.4, 0.5) is 17.6 Å². The van der Waals surface area contributed by atoms with E-state index in [1.165, 1.54) is 5.57 Å². The van der Waals surface area contributed by atoms with E-state index in [1.54, 1.807) is 36.4 Å². The Morgan fingerprint density at radius 2 is 1.18 bits per heavy atom. The van der Waals surface area contributed by atoms with Crippen LogP contribution in [0.15, 0.2) is 193 Å². The zero-order valence-corrected chi connectivity index (χ0v) is 37.0. The lowest BCUT2D eigenvalue weighted by Crippen LogP contribution is -2.23. The summed E-state index contributed by atoms with van der Waals surface area (Å²) in [6.07, 6.45) is 10.1. The summed E-state index contributed by atoms with van der Waals surface area (Å²) in [4.78, 5) is 15.0. The van der Waals surface area contributed by atoms with E-state index < -0.39 is 43.1 Å². The molecule has 0 saturated carbocycles. The Bertz CT molecular complexity index is 3030. The van der Waals surface area contributed by atoms with Crippen LogP contribution >= 0.6 is 7.92 Å². The van der Waals surface area contributed by atoms with Gasteiger partial charge in [0.1, 0.15) is 17.5 Å². The molecule has 0 saturated heterocycles. The van der Waals surface area contributed by atoms with Gasteiger partial charge < -0.3 is 0 Å². The van der Waals surface area contributed by atoms with Crippen LogP contribution in [0, 0.1) is 5.92 Å². The number of rotatable bonds is 9. The van der Waals surface area contributed by atoms with Crippen molar-refractivity contribution >= 4 is 45.8 Å². The Hall–Kier alpha value is -6.56. The standard InChI is InChI=1S/C57H46F4N3P/c1-35-17-21-39(22-18-35)55-62-56(40-23-19-36(2)20-24-40)64-57(63-55)41-27-25-37(26-28-41)45-33-34-48(47-16-10-9-15-46(45)47)50-53(60)51(58)49(52(59)54(50)61)38-29-31-44(32-30-38)65(42-11-5-3-6-12-42)43-13-7-4-8-14-43/h3-17,19,21-22,25-35,40,49,51H,18,20,23-24H2,1-2H3. The number of hydrogen-bond acceptors (Lipinski definition) is 3. The van der Waals surface area contributed by atoms with E-state index in [1.807, 2.05) is 84.9 Å². The van der Waals surface area contributed by atoms with Gasteiger partial charge in [-0.3, -0.25) is 0 Å². The van der Waals surface area contributed by atoms with Crippen LogP contribution in [0.2, 0.25) is 0 Å². The molecule has 0 spiro atoms. The molecule has 6 aromatic carbocycles. The maximum atomic E-state index is 16.5. The fraction of sp³-hybridized carbons (Fsp3) is 0.175. The maximum absolute atomic E-state index is 16.5. The number of benzene rings is 6. The molecule has 0 fully saturated rings. The summed E-state index contributed by atoms with van der Waals surface area (Å²) >= 11 is 0. The molecule has 1 aromatic heterocycles. The van der Waals surface area contributed by atoms with Crippen molar-refractivity contribution in [1.29, 1.82) is 0 Å². The molecular weight excluding hydrogens is 834 g/mol. The number of fused-ring (bicyclic) bond motifs is 1. The third-order valence-corrected chi connectivity index (χ3v) is 15.3. The normalized spacial score (nSPS) is 20.0. The van der Waals surface area contributed by atoms with Crippen molar-refractivity contribution in [2.45, 2.75) is 57.5 Å². The first-order valence-corrected chi connectivity index (χ1v) is 23.6. The molecule has 8 heteroatoms. The molecular formula is C57H46F4N3P. The monoisotopic (exact) mass is 879 g/mol. The van der Waals surface area contributed by atoms with Crippen LogP contribution in [0.5, 0.6) is 0 Å². The SMILES string of the molecule is CC1=CCC(c2nc(C3=CCC(C)C=C3)nc(-c3ccc(-c4ccc(C5=C(F)C(F)C(c6ccc(P(c7ccccc7)c7ccccc7)cc6)C(F)=C5F)c5ccccc45)cc3)n2)CC1. The zero-order valence-electron chi connectivity index (χ0n) is 36.1. The van der Waals surface area contributed by atoms with Gasteiger partial charge in [-0.25, -0.2) is 32.5 Å². The van der Waals surface area contributed by atoms with Gasteiger partial charge in [0.15, 0.2) is 23.6 Å². The summed E-state index contributed by atoms with van der Waals surface area (Å²) < 4.78 is 65.6. The first kappa shape index (κ1) is 42.4. The van der Waals surface area contributed by atoms with E-state index in [0.29, 0.717) is 28.3 Å². The van der Waals surface area contributed by atoms with Crippen LogP contribution in [0.25, 0.3) is 44.4 Å². The molecule has 1 heterocycles. The van der Waals surface area contributed by atoms with Crippen molar-refractivity contribution in [3.05, 3.63) is 216 Å². The average molecular weight is 880 g/mol. The minimum Gasteiger partial charge on any atom is -0.239 e. The Morgan fingerprint density at radius 3 is 1.82 bits per heavy atom. The fourth-order valence-corrected chi connectivity index (χ4v) is 11.5. The highest BCUT2D eigenvalue weighted by atomic mass is 31.1. The fourth-order valence-electron chi connectivity index (χ4n) is 9.26. The molecule has 4 atom stereocenters. The van der Waals surface area contributed by atoms with Crippen LogP contribution in [-0.4, -0.2) is 21.1 Å². The molecule has 10 rings (SSSR count). The van der Waals surface area contributed by atoms with Gasteiger partial charge in [0.2, 0.25) is 0 Å². The van der Waals surface area contributed by atoms with Crippen LogP contribution in [0.3, 0.4) is 0 Å². The number of allylic oxidation sites excluding steroid dienone is 10. The summed E-state index contributed by atoms with van der Waals surface area (Å²) in [5, 5.41) is 4.33. The summed E-state index contributed by atoms with van der Waals surface area (Å²) in [5.41, 5.74) is 4.41. The predicted molar refractivity (Wildman–Crippen MR) is 260 cm³/mol. The van der Waals surface area contributed by atoms with Gasteiger partial charge in [-0.2, -0.15) is 0 Å². The average Bonchev–Trinajstić information content (AvgIpc) is 3.35. The highest BCUT2D eigenvalue weighted by Gasteiger charge is 2.41. The topological polar surface area (TPSA) is 38.7 Å². The van der Waals surface area contributed by atoms with E-state index in [2.05, 4.69) is 62.4 Å². The van der Waals surface area contributed by atoms with Crippen molar-refractivity contribution in [2.24, 2.45) is 5.92 Å². The van der Waals surface area contributed by atoms with E-state index in [4.69, 9.17) is 15.0 Å². The lowest BCUT2D eigenvalue weighted by molar-refractivity contribution is 0.267. The van der Waals surface area contributed by atoms with E-state index in [9.17, 15) is 0 Å². The highest BCUT2D eigenvalue weighted by Crippen LogP contribution is 2.49. The largest absolute Gasteiger partial charge is 0.239 e. The third-order valence-electron chi connectivity index (χ3n) is 12.9. The second-order valence-electron chi connectivity index (χ2n) is 17.2. The number of aromatic nitrogens is 3. The lowest BCUT2D eigenvalue weighted by Gasteiger charge is -2.27. The van der Waals surface area contributed by atoms with Gasteiger partial charge in [0.25, 0.3) is 0 Å². The molecule has 4 unspecified atom stereocenters. The number of alkyl halides is 1. The van der Waals surface area contributed by atoms with E-state index in [0.717, 1.165) is 69.7 Å². The molecule has 7 aromatic rings. The minimum atomic E-state index is -2.43. The smallest absolute Gasteiger partial charge is 0.165 e. The van der Waals surface area contributed by atoms with Gasteiger partial charge in [0.05, 0.1) is 11.5 Å². The van der Waals surface area contributed by atoms with E-state index in [-0.39, 0.29) is 17.0 Å². The summed E-state index contributed by atoms with van der Waals surface area (Å²) in [6.45, 7) is 4.36. The first-order valence-electron chi connectivity index (χ1n) is 22.2. The number of nitrogens with zero attached hydrogens (tertiary/aromatic N) is 3. The number of halogens is 4. The van der Waals surface area contributed by atoms with E-state index >= 15 is 17.6 Å². The molecule has 0 N–H and O–H groups in total. The molecule has 0 radical (unpaired) electrons. The Kier molecular flexibility index (Phi) is 11.8. The van der Waals surface area contributed by atoms with Crippen LogP contribution in [-0.2, 0) is 0 Å². The Balaban J connectivity index is 0.957. The predicted octanol–water partition coefficient (Wildman–Crippen LogP) is 14.3. The summed E-state index contributed by atoms with van der Waals surface area (Å²) in [5.74, 6) is -3.10. The Labute approximate surface area is 378 Å². The summed E-state index contributed by atoms with van der Waals surface area (Å²) in [6, 6.07) is 45.3. The van der Waals surface area contributed by atoms with Crippen molar-refractivity contribution < 1.29 is 17.6 Å². The van der Waals surface area contributed by atoms with Crippen molar-refractivity contribution in [2.75, 3.05) is 0 Å². The first-order chi connectivity index (χ1) is 31.7. The van der Waals surface area contributed by atoms with Crippen molar-refractivity contribution in [3.8, 4) is 22.5 Å². The minimum absolute atomic E-state index is 0.0809. The molecule has 3 aliphatic carbocycles. The van der Waals surface area contributed by atoms with Crippen molar-refractivity contribution in [1.82, 2.24) is 15.0 Å². The molecule has 3 nitrogen and oxygen atoms in total. The third kappa shape index (κ3) is 8.35. The van der Waals surface area contributed by atoms with Crippen LogP contribution < -0.4 is 15.9 Å². The lowest BCUT2D eigenvalue weighted by atomic mass is 9.82. The van der Waals surface area contributed by atoms with Gasteiger partial charge in [-0.05, 0) is 95.4 Å². The molecule has 322 valence electrons. The molecule has 65 heavy (non-hydrogen) atoms. The van der Waals surface area contributed by atoms with Gasteiger partial charge in [-0.15, -0.1) is 0 Å². The number of hydrogen-bond donors (Lipinski definition) is 0. The molecule has 0 aliphatic heterocycles. The van der Waals surface area contributed by atoms with Crippen molar-refractivity contribution in [3.63, 3.8) is 0 Å². The van der Waals surface area contributed by atoms with Gasteiger partial charge in [0, 0.05) is 17.1 Å². The van der Waals surface area contributed by atoms with Gasteiger partial charge in [-0.1, -0.05) is 182 Å². The quantitative estimate of drug-likeness (QED) is 0.0824. The van der Waals surface area contributed by atoms with Gasteiger partial charge >= 0.3 is 0 Å². The van der Waals surface area contributed by atoms with Crippen LogP contribution in [0.1, 0.15) is 74.1 Å². The molecule has 0 amide bonds. The second kappa shape index (κ2) is 18.1. The Morgan fingerprint density at radius 1 is 0.585 bits per heavy atom. The second-order valence-corrected chi connectivity index (χ2v) is 19.5. The highest BCUT2D eigenvalue weighted by molar-refractivity contribution is 7.79. The summed E-state index contributed by atoms with van der Waals surface area (Å²) in [7, 11) is -0.983. The maximum Gasteiger partial charge on any atom is 0.165 e.